The van der Waals surface area contributed by atoms with E-state index in [1.165, 1.54) is 15.7 Å². The molecule has 2 heterocycles. The number of Topliss-reactive ketones (excluding diaryl/α,β-unsaturated/α-hetero) is 1. The van der Waals surface area contributed by atoms with E-state index in [9.17, 15) is 23.9 Å². The number of hydrogen-bond acceptors (Lipinski definition) is 4. The van der Waals surface area contributed by atoms with E-state index in [2.05, 4.69) is 21.2 Å². The Balaban J connectivity index is 1.52. The van der Waals surface area contributed by atoms with E-state index in [4.69, 9.17) is 5.73 Å². The van der Waals surface area contributed by atoms with Gasteiger partial charge in [-0.1, -0.05) is 30.3 Å². The van der Waals surface area contributed by atoms with E-state index in [1.807, 2.05) is 0 Å². The number of nitrogens with one attached hydrogen (secondary N) is 1. The van der Waals surface area contributed by atoms with Crippen molar-refractivity contribution in [2.24, 2.45) is 11.7 Å². The number of carbonyl (C=O) groups is 3. The maximum Gasteiger partial charge on any atom is 0.323 e. The molecular weight excluding hydrogens is 507 g/mol. The van der Waals surface area contributed by atoms with Crippen molar-refractivity contribution in [3.05, 3.63) is 64.5 Å². The Morgan fingerprint density at radius 1 is 1.18 bits per heavy atom. The number of aryl methyl sites for hydroxylation is 1. The standard InChI is InChI=1S/C24H24BrFN4O4/c25-17-6-3-4-15(22(17)26)8-9-21(32)20-10-14(13-31)11-30(20)24(34)28-18-12-29(23(27)33)19-7-2-1-5-16(18)19/h1-7,12,14,20,31H,8-11,13H2,(H2,27,33)(H,28,34)/t14-,20-/m0/s1. The van der Waals surface area contributed by atoms with E-state index < -0.39 is 23.9 Å². The van der Waals surface area contributed by atoms with Crippen LogP contribution in [0.4, 0.5) is 19.7 Å². The Morgan fingerprint density at radius 3 is 2.68 bits per heavy atom. The number of primary amides is 1. The van der Waals surface area contributed by atoms with Gasteiger partial charge in [0, 0.05) is 37.1 Å². The quantitative estimate of drug-likeness (QED) is 0.448. The normalized spacial score (nSPS) is 17.8. The Labute approximate surface area is 203 Å². The number of nitrogens with zero attached hydrogens (tertiary/aromatic N) is 2. The molecule has 2 atom stereocenters. The number of benzene rings is 2. The lowest BCUT2D eigenvalue weighted by atomic mass is 9.99. The van der Waals surface area contributed by atoms with Gasteiger partial charge in [0.1, 0.15) is 5.82 Å². The summed E-state index contributed by atoms with van der Waals surface area (Å²) in [6.45, 7) is 0.0489. The van der Waals surface area contributed by atoms with Gasteiger partial charge in [0.15, 0.2) is 5.78 Å². The largest absolute Gasteiger partial charge is 0.396 e. The SMILES string of the molecule is NC(=O)n1cc(NC(=O)N2C[C@@H](CO)C[C@H]2C(=O)CCc2cccc(Br)c2F)c2ccccc21. The first-order valence-electron chi connectivity index (χ1n) is 10.8. The molecular formula is C24H24BrFN4O4. The van der Waals surface area contributed by atoms with Gasteiger partial charge in [-0.15, -0.1) is 0 Å². The van der Waals surface area contributed by atoms with Gasteiger partial charge in [-0.2, -0.15) is 0 Å². The summed E-state index contributed by atoms with van der Waals surface area (Å²) < 4.78 is 15.8. The number of rotatable bonds is 6. The highest BCUT2D eigenvalue weighted by atomic mass is 79.9. The maximum atomic E-state index is 14.3. The zero-order valence-corrected chi connectivity index (χ0v) is 19.8. The first-order valence-corrected chi connectivity index (χ1v) is 11.6. The second-order valence-corrected chi connectivity index (χ2v) is 9.18. The summed E-state index contributed by atoms with van der Waals surface area (Å²) in [7, 11) is 0. The molecule has 34 heavy (non-hydrogen) atoms. The molecule has 4 N–H and O–H groups in total. The van der Waals surface area contributed by atoms with Gasteiger partial charge in [-0.3, -0.25) is 9.36 Å². The molecule has 0 aliphatic carbocycles. The molecule has 1 aliphatic rings. The van der Waals surface area contributed by atoms with Gasteiger partial charge in [-0.25, -0.2) is 14.0 Å². The molecule has 0 spiro atoms. The number of amides is 3. The van der Waals surface area contributed by atoms with Crippen molar-refractivity contribution in [1.29, 1.82) is 0 Å². The Morgan fingerprint density at radius 2 is 1.94 bits per heavy atom. The number of anilines is 1. The number of likely N-dealkylation sites (tertiary alicyclic amines) is 1. The van der Waals surface area contributed by atoms with Crippen LogP contribution in [0.25, 0.3) is 10.9 Å². The minimum atomic E-state index is -0.739. The van der Waals surface area contributed by atoms with E-state index in [0.717, 1.165) is 0 Å². The minimum Gasteiger partial charge on any atom is -0.396 e. The summed E-state index contributed by atoms with van der Waals surface area (Å²) in [5.74, 6) is -0.852. The topological polar surface area (TPSA) is 118 Å². The highest BCUT2D eigenvalue weighted by Crippen LogP contribution is 2.29. The van der Waals surface area contributed by atoms with E-state index >= 15 is 0 Å². The summed E-state index contributed by atoms with van der Waals surface area (Å²) in [6, 6.07) is 9.95. The number of fused-ring (bicyclic) bond motifs is 1. The number of halogens is 2. The van der Waals surface area contributed by atoms with Crippen molar-refractivity contribution in [3.63, 3.8) is 0 Å². The minimum absolute atomic E-state index is 0.0565. The first kappa shape index (κ1) is 23.9. The fourth-order valence-electron chi connectivity index (χ4n) is 4.40. The number of hydrogen-bond donors (Lipinski definition) is 3. The first-order chi connectivity index (χ1) is 16.3. The highest BCUT2D eigenvalue weighted by Gasteiger charge is 2.39. The molecule has 0 unspecified atom stereocenters. The van der Waals surface area contributed by atoms with Crippen molar-refractivity contribution in [2.75, 3.05) is 18.5 Å². The Hall–Kier alpha value is -3.24. The van der Waals surface area contributed by atoms with Crippen LogP contribution in [-0.4, -0.2) is 51.6 Å². The van der Waals surface area contributed by atoms with Crippen molar-refractivity contribution in [3.8, 4) is 0 Å². The summed E-state index contributed by atoms with van der Waals surface area (Å²) in [6.07, 6.45) is 2.02. The van der Waals surface area contributed by atoms with Gasteiger partial charge in [0.25, 0.3) is 0 Å². The number of nitrogens with two attached hydrogens (primary N) is 1. The monoisotopic (exact) mass is 530 g/mol. The summed E-state index contributed by atoms with van der Waals surface area (Å²) in [5, 5.41) is 13.1. The Kier molecular flexibility index (Phi) is 6.99. The van der Waals surface area contributed by atoms with Crippen LogP contribution in [0.5, 0.6) is 0 Å². The molecule has 0 saturated carbocycles. The number of urea groups is 1. The van der Waals surface area contributed by atoms with Gasteiger partial charge < -0.3 is 21.1 Å². The predicted molar refractivity (Wildman–Crippen MR) is 129 cm³/mol. The summed E-state index contributed by atoms with van der Waals surface area (Å²) in [4.78, 5) is 39.4. The fourth-order valence-corrected chi connectivity index (χ4v) is 4.81. The molecule has 1 aliphatic heterocycles. The van der Waals surface area contributed by atoms with Crippen LogP contribution in [0.1, 0.15) is 18.4 Å². The second-order valence-electron chi connectivity index (χ2n) is 8.33. The number of aliphatic hydroxyl groups excluding tert-OH is 1. The number of aliphatic hydroxyl groups is 1. The number of aromatic nitrogens is 1. The number of carbonyl (C=O) groups excluding carboxylic acids is 3. The zero-order chi connectivity index (χ0) is 24.4. The van der Waals surface area contributed by atoms with Crippen LogP contribution in [-0.2, 0) is 11.2 Å². The lowest BCUT2D eigenvalue weighted by Crippen LogP contribution is -2.43. The van der Waals surface area contributed by atoms with E-state index in [-0.39, 0.29) is 37.7 Å². The molecule has 3 aromatic rings. The molecule has 2 aromatic carbocycles. The lowest BCUT2D eigenvalue weighted by molar-refractivity contribution is -0.122. The fraction of sp³-hybridized carbons (Fsp3) is 0.292. The van der Waals surface area contributed by atoms with Crippen LogP contribution in [0.3, 0.4) is 0 Å². The Bertz CT molecular complexity index is 1260. The van der Waals surface area contributed by atoms with Gasteiger partial charge in [0.2, 0.25) is 0 Å². The van der Waals surface area contributed by atoms with Crippen LogP contribution in [0, 0.1) is 11.7 Å². The molecule has 4 rings (SSSR count). The zero-order valence-electron chi connectivity index (χ0n) is 18.2. The average molecular weight is 531 g/mol. The molecule has 3 amide bonds. The molecule has 1 saturated heterocycles. The van der Waals surface area contributed by atoms with Crippen LogP contribution < -0.4 is 11.1 Å². The molecule has 1 aromatic heterocycles. The lowest BCUT2D eigenvalue weighted by Gasteiger charge is -2.24. The van der Waals surface area contributed by atoms with Crippen molar-refractivity contribution < 1.29 is 23.9 Å². The van der Waals surface area contributed by atoms with Crippen LogP contribution in [0.2, 0.25) is 0 Å². The van der Waals surface area contributed by atoms with Gasteiger partial charge in [0.05, 0.1) is 21.7 Å². The van der Waals surface area contributed by atoms with Crippen molar-refractivity contribution >= 4 is 50.4 Å². The third-order valence-electron chi connectivity index (χ3n) is 6.14. The highest BCUT2D eigenvalue weighted by molar-refractivity contribution is 9.10. The third kappa shape index (κ3) is 4.69. The van der Waals surface area contributed by atoms with Crippen LogP contribution >= 0.6 is 15.9 Å². The van der Waals surface area contributed by atoms with Crippen molar-refractivity contribution in [2.45, 2.75) is 25.3 Å². The smallest absolute Gasteiger partial charge is 0.323 e. The summed E-state index contributed by atoms with van der Waals surface area (Å²) >= 11 is 3.14. The van der Waals surface area contributed by atoms with Gasteiger partial charge in [-0.05, 0) is 46.5 Å². The molecule has 178 valence electrons. The molecule has 8 nitrogen and oxygen atoms in total. The van der Waals surface area contributed by atoms with Gasteiger partial charge >= 0.3 is 12.1 Å². The molecule has 0 radical (unpaired) electrons. The predicted octanol–water partition coefficient (Wildman–Crippen LogP) is 3.89. The second kappa shape index (κ2) is 9.94. The molecule has 1 fully saturated rings. The number of para-hydroxylation sites is 1. The maximum absolute atomic E-state index is 14.3. The van der Waals surface area contributed by atoms with Crippen molar-refractivity contribution in [1.82, 2.24) is 9.47 Å². The molecule has 0 bridgehead atoms. The molecule has 10 heteroatoms. The van der Waals surface area contributed by atoms with E-state index in [1.54, 1.807) is 42.5 Å². The third-order valence-corrected chi connectivity index (χ3v) is 6.75. The number of ketones is 1. The van der Waals surface area contributed by atoms with Crippen LogP contribution in [0.15, 0.2) is 53.1 Å². The summed E-state index contributed by atoms with van der Waals surface area (Å²) in [5.41, 5.74) is 6.78. The van der Waals surface area contributed by atoms with E-state index in [0.29, 0.717) is 33.0 Å². The average Bonchev–Trinajstić information content (AvgIpc) is 3.42.